The van der Waals surface area contributed by atoms with E-state index in [9.17, 15) is 19.5 Å². The van der Waals surface area contributed by atoms with Crippen LogP contribution < -0.4 is 16.6 Å². The van der Waals surface area contributed by atoms with Gasteiger partial charge in [-0.15, -0.1) is 0 Å². The molecule has 3 rings (SSSR count). The second-order valence-electron chi connectivity index (χ2n) is 7.35. The lowest BCUT2D eigenvalue weighted by molar-refractivity contribution is -0.134. The van der Waals surface area contributed by atoms with Crippen molar-refractivity contribution in [2.24, 2.45) is 0 Å². The zero-order valence-electron chi connectivity index (χ0n) is 17.1. The zero-order chi connectivity index (χ0) is 21.1. The molecule has 2 aromatic rings. The molecular formula is C19H29N5O5. The number of carbonyl (C=O) groups is 1. The van der Waals surface area contributed by atoms with Crippen molar-refractivity contribution < 1.29 is 14.6 Å². The van der Waals surface area contributed by atoms with Crippen LogP contribution in [0.15, 0.2) is 15.9 Å². The predicted molar refractivity (Wildman–Crippen MR) is 107 cm³/mol. The highest BCUT2D eigenvalue weighted by Crippen LogP contribution is 2.31. The summed E-state index contributed by atoms with van der Waals surface area (Å²) in [7, 11) is 1.50. The summed E-state index contributed by atoms with van der Waals surface area (Å²) in [5, 5.41) is 13.0. The van der Waals surface area contributed by atoms with Gasteiger partial charge in [-0.2, -0.15) is 0 Å². The van der Waals surface area contributed by atoms with Crippen LogP contribution in [-0.4, -0.2) is 49.0 Å². The second kappa shape index (κ2) is 8.91. The monoisotopic (exact) mass is 407 g/mol. The lowest BCUT2D eigenvalue weighted by Crippen LogP contribution is -2.41. The molecule has 1 aliphatic rings. The number of ether oxygens (including phenoxy) is 1. The van der Waals surface area contributed by atoms with Crippen molar-refractivity contribution in [3.8, 4) is 0 Å². The average Bonchev–Trinajstić information content (AvgIpc) is 3.31. The fourth-order valence-electron chi connectivity index (χ4n) is 3.67. The Morgan fingerprint density at radius 1 is 1.24 bits per heavy atom. The molecule has 3 atom stereocenters. The number of nitrogens with zero attached hydrogens (tertiary/aromatic N) is 4. The molecule has 10 nitrogen and oxygen atoms in total. The maximum atomic E-state index is 13.1. The van der Waals surface area contributed by atoms with Crippen LogP contribution in [0, 0.1) is 0 Å². The van der Waals surface area contributed by atoms with Crippen molar-refractivity contribution in [1.29, 1.82) is 0 Å². The molecule has 2 aromatic heterocycles. The number of aryl methyl sites for hydroxylation is 1. The average molecular weight is 407 g/mol. The molecule has 0 saturated carbocycles. The van der Waals surface area contributed by atoms with E-state index in [4.69, 9.17) is 4.74 Å². The second-order valence-corrected chi connectivity index (χ2v) is 7.35. The van der Waals surface area contributed by atoms with E-state index in [0.717, 1.165) is 19.3 Å². The molecule has 0 spiro atoms. The minimum absolute atomic E-state index is 0.122. The first-order chi connectivity index (χ1) is 13.9. The van der Waals surface area contributed by atoms with Crippen LogP contribution in [-0.2, 0) is 22.6 Å². The van der Waals surface area contributed by atoms with Gasteiger partial charge >= 0.3 is 5.69 Å². The summed E-state index contributed by atoms with van der Waals surface area (Å²) in [4.78, 5) is 42.2. The van der Waals surface area contributed by atoms with Crippen molar-refractivity contribution in [1.82, 2.24) is 24.0 Å². The van der Waals surface area contributed by atoms with Gasteiger partial charge in [0.15, 0.2) is 17.4 Å². The van der Waals surface area contributed by atoms with Crippen molar-refractivity contribution >= 4 is 17.1 Å². The number of carbonyl (C=O) groups excluding carboxylic acids is 1. The molecule has 10 heteroatoms. The third kappa shape index (κ3) is 3.86. The molecule has 0 unspecified atom stereocenters. The lowest BCUT2D eigenvalue weighted by Gasteiger charge is -2.19. The first-order valence-electron chi connectivity index (χ1n) is 10.2. The van der Waals surface area contributed by atoms with Crippen molar-refractivity contribution in [2.75, 3.05) is 7.05 Å². The van der Waals surface area contributed by atoms with Crippen LogP contribution in [0.2, 0.25) is 0 Å². The molecule has 0 aliphatic carbocycles. The minimum Gasteiger partial charge on any atom is -0.388 e. The summed E-state index contributed by atoms with van der Waals surface area (Å²) in [6.07, 6.45) is 2.04. The molecule has 1 saturated heterocycles. The van der Waals surface area contributed by atoms with E-state index < -0.39 is 24.0 Å². The molecule has 1 fully saturated rings. The van der Waals surface area contributed by atoms with Gasteiger partial charge in [0.25, 0.3) is 5.56 Å². The molecule has 2 N–H and O–H groups in total. The van der Waals surface area contributed by atoms with Gasteiger partial charge in [0.2, 0.25) is 5.91 Å². The Kier molecular flexibility index (Phi) is 6.53. The van der Waals surface area contributed by atoms with Gasteiger partial charge in [-0.1, -0.05) is 26.7 Å². The molecule has 0 aromatic carbocycles. The fraction of sp³-hybridized carbons (Fsp3) is 0.684. The number of nitrogens with one attached hydrogen (secondary N) is 1. The maximum absolute atomic E-state index is 13.1. The SMILES string of the molecule is CCCCn1c(=O)c2ncn([C@@H]3O[C@H](C(=O)NC)C[C@H]3O)c2n(CCCC)c1=O. The molecule has 3 heterocycles. The summed E-state index contributed by atoms with van der Waals surface area (Å²) < 4.78 is 10.0. The lowest BCUT2D eigenvalue weighted by atomic mass is 10.2. The smallest absolute Gasteiger partial charge is 0.332 e. The fourth-order valence-corrected chi connectivity index (χ4v) is 3.67. The molecule has 1 amide bonds. The van der Waals surface area contributed by atoms with Crippen molar-refractivity contribution in [3.63, 3.8) is 0 Å². The van der Waals surface area contributed by atoms with E-state index in [1.165, 1.54) is 27.1 Å². The van der Waals surface area contributed by atoms with Crippen LogP contribution in [0.4, 0.5) is 0 Å². The first kappa shape index (κ1) is 21.3. The van der Waals surface area contributed by atoms with Gasteiger partial charge in [0, 0.05) is 26.6 Å². The number of amides is 1. The van der Waals surface area contributed by atoms with E-state index in [2.05, 4.69) is 10.3 Å². The van der Waals surface area contributed by atoms with Gasteiger partial charge < -0.3 is 15.2 Å². The Labute approximate surface area is 168 Å². The standard InChI is InChI=1S/C19H29N5O5/c1-4-6-8-22-16-14(17(27)23(19(22)28)9-7-5-2)21-11-24(16)18-12(25)10-13(29-18)15(26)20-3/h11-13,18,25H,4-10H2,1-3H3,(H,20,26)/t12-,13+,18-/m1/s1. The van der Waals surface area contributed by atoms with Gasteiger partial charge in [0.1, 0.15) is 12.2 Å². The Bertz CT molecular complexity index is 991. The molecular weight excluding hydrogens is 378 g/mol. The first-order valence-corrected chi connectivity index (χ1v) is 10.2. The van der Waals surface area contributed by atoms with E-state index >= 15 is 0 Å². The number of aliphatic hydroxyl groups excluding tert-OH is 1. The third-order valence-electron chi connectivity index (χ3n) is 5.30. The highest BCUT2D eigenvalue weighted by molar-refractivity contribution is 5.80. The Balaban J connectivity index is 2.14. The summed E-state index contributed by atoms with van der Waals surface area (Å²) in [6.45, 7) is 4.77. The van der Waals surface area contributed by atoms with E-state index in [-0.39, 0.29) is 23.5 Å². The summed E-state index contributed by atoms with van der Waals surface area (Å²) in [5.74, 6) is -0.332. The normalized spacial score (nSPS) is 21.7. The Morgan fingerprint density at radius 3 is 2.52 bits per heavy atom. The van der Waals surface area contributed by atoms with Crippen LogP contribution in [0.25, 0.3) is 11.2 Å². The largest absolute Gasteiger partial charge is 0.388 e. The molecule has 0 radical (unpaired) electrons. The molecule has 1 aliphatic heterocycles. The van der Waals surface area contributed by atoms with Crippen molar-refractivity contribution in [3.05, 3.63) is 27.2 Å². The van der Waals surface area contributed by atoms with Gasteiger partial charge in [-0.25, -0.2) is 9.78 Å². The topological polar surface area (TPSA) is 120 Å². The minimum atomic E-state index is -0.966. The van der Waals surface area contributed by atoms with Crippen LogP contribution in [0.1, 0.15) is 52.2 Å². The number of unbranched alkanes of at least 4 members (excludes halogenated alkanes) is 2. The quantitative estimate of drug-likeness (QED) is 0.652. The number of aliphatic hydroxyl groups is 1. The summed E-state index contributed by atoms with van der Waals surface area (Å²) in [5.41, 5.74) is -0.347. The number of aromatic nitrogens is 4. The predicted octanol–water partition coefficient (Wildman–Crippen LogP) is 0.354. The number of hydrogen-bond donors (Lipinski definition) is 2. The van der Waals surface area contributed by atoms with E-state index in [0.29, 0.717) is 25.2 Å². The summed E-state index contributed by atoms with van der Waals surface area (Å²) >= 11 is 0. The third-order valence-corrected chi connectivity index (χ3v) is 5.30. The van der Waals surface area contributed by atoms with Crippen LogP contribution >= 0.6 is 0 Å². The molecule has 160 valence electrons. The van der Waals surface area contributed by atoms with Gasteiger partial charge in [-0.3, -0.25) is 23.3 Å². The molecule has 0 bridgehead atoms. The number of fused-ring (bicyclic) bond motifs is 1. The van der Waals surface area contributed by atoms with E-state index in [1.807, 2.05) is 13.8 Å². The Morgan fingerprint density at radius 2 is 1.90 bits per heavy atom. The molecule has 29 heavy (non-hydrogen) atoms. The van der Waals surface area contributed by atoms with E-state index in [1.54, 1.807) is 0 Å². The van der Waals surface area contributed by atoms with Crippen molar-refractivity contribution in [2.45, 2.75) is 77.5 Å². The maximum Gasteiger partial charge on any atom is 0.332 e. The van der Waals surface area contributed by atoms with Gasteiger partial charge in [-0.05, 0) is 12.8 Å². The Hall–Kier alpha value is -2.46. The van der Waals surface area contributed by atoms with Crippen LogP contribution in [0.3, 0.4) is 0 Å². The van der Waals surface area contributed by atoms with Crippen LogP contribution in [0.5, 0.6) is 0 Å². The number of rotatable bonds is 8. The number of likely N-dealkylation sites (N-methyl/N-ethyl adjacent to an activating group) is 1. The number of hydrogen-bond acceptors (Lipinski definition) is 6. The zero-order valence-corrected chi connectivity index (χ0v) is 17.1. The number of imidazole rings is 1. The van der Waals surface area contributed by atoms with Gasteiger partial charge in [0.05, 0.1) is 6.33 Å². The highest BCUT2D eigenvalue weighted by Gasteiger charge is 2.40. The highest BCUT2D eigenvalue weighted by atomic mass is 16.5. The summed E-state index contributed by atoms with van der Waals surface area (Å²) in [6, 6.07) is 0.